The van der Waals surface area contributed by atoms with Gasteiger partial charge in [0.1, 0.15) is 0 Å². The van der Waals surface area contributed by atoms with Gasteiger partial charge in [-0.25, -0.2) is 0 Å². The molecule has 0 amide bonds. The molecule has 86 valence electrons. The molecule has 0 bridgehead atoms. The van der Waals surface area contributed by atoms with Crippen LogP contribution in [0.1, 0.15) is 38.5 Å². The van der Waals surface area contributed by atoms with Crippen molar-refractivity contribution in [2.75, 3.05) is 27.0 Å². The number of hydrogen-bond acceptors (Lipinski definition) is 3. The Morgan fingerprint density at radius 1 is 0.929 bits per heavy atom. The Bertz CT molecular complexity index is 139. The van der Waals surface area contributed by atoms with Gasteiger partial charge in [-0.2, -0.15) is 0 Å². The molecule has 0 aromatic rings. The molecule has 14 heavy (non-hydrogen) atoms. The lowest BCUT2D eigenvalue weighted by Crippen LogP contribution is -1.89. The summed E-state index contributed by atoms with van der Waals surface area (Å²) in [6.45, 7) is 3.17. The number of ether oxygens (including phenoxy) is 1. The van der Waals surface area contributed by atoms with E-state index in [1.54, 1.807) is 13.8 Å². The van der Waals surface area contributed by atoms with E-state index in [4.69, 9.17) is 9.26 Å². The standard InChI is InChI=1S/C10H23O3P/c1-12-9-7-5-3-4-6-8-10-13-14(2)11/h14H,3-10H2,1-2H3. The first-order valence-electron chi connectivity index (χ1n) is 5.39. The molecule has 0 aromatic heterocycles. The van der Waals surface area contributed by atoms with E-state index >= 15 is 0 Å². The van der Waals surface area contributed by atoms with Gasteiger partial charge in [-0.05, 0) is 12.8 Å². The van der Waals surface area contributed by atoms with Crippen LogP contribution in [0.15, 0.2) is 0 Å². The van der Waals surface area contributed by atoms with E-state index in [-0.39, 0.29) is 0 Å². The summed E-state index contributed by atoms with van der Waals surface area (Å²) in [7, 11) is 0.0349. The fourth-order valence-electron chi connectivity index (χ4n) is 1.27. The number of unbranched alkanes of at least 4 members (excludes halogenated alkanes) is 5. The van der Waals surface area contributed by atoms with Gasteiger partial charge >= 0.3 is 0 Å². The minimum atomic E-state index is -1.71. The van der Waals surface area contributed by atoms with Crippen molar-refractivity contribution < 1.29 is 13.8 Å². The van der Waals surface area contributed by atoms with Crippen LogP contribution in [0, 0.1) is 0 Å². The normalized spacial score (nSPS) is 13.0. The first kappa shape index (κ1) is 14.2. The van der Waals surface area contributed by atoms with Gasteiger partial charge in [-0.15, -0.1) is 0 Å². The molecule has 4 heteroatoms. The monoisotopic (exact) mass is 222 g/mol. The highest BCUT2D eigenvalue weighted by Crippen LogP contribution is 2.16. The summed E-state index contributed by atoms with van der Waals surface area (Å²) in [6, 6.07) is 0. The first-order valence-corrected chi connectivity index (χ1v) is 7.21. The van der Waals surface area contributed by atoms with Gasteiger partial charge in [-0.1, -0.05) is 25.7 Å². The van der Waals surface area contributed by atoms with Crippen LogP contribution in [0.2, 0.25) is 0 Å². The smallest absolute Gasteiger partial charge is 0.188 e. The zero-order valence-corrected chi connectivity index (χ0v) is 10.4. The summed E-state index contributed by atoms with van der Waals surface area (Å²) in [4.78, 5) is 0. The molecule has 0 fully saturated rings. The Labute approximate surface area is 88.0 Å². The van der Waals surface area contributed by atoms with Gasteiger partial charge in [0.05, 0.1) is 6.61 Å². The van der Waals surface area contributed by atoms with E-state index in [9.17, 15) is 4.57 Å². The van der Waals surface area contributed by atoms with Gasteiger partial charge in [0, 0.05) is 20.4 Å². The highest BCUT2D eigenvalue weighted by Gasteiger charge is 1.93. The quantitative estimate of drug-likeness (QED) is 0.421. The second-order valence-electron chi connectivity index (χ2n) is 3.45. The summed E-state index contributed by atoms with van der Waals surface area (Å²) < 4.78 is 20.6. The van der Waals surface area contributed by atoms with Crippen LogP contribution in [-0.4, -0.2) is 27.0 Å². The predicted molar refractivity (Wildman–Crippen MR) is 60.5 cm³/mol. The van der Waals surface area contributed by atoms with Gasteiger partial charge in [0.15, 0.2) is 8.03 Å². The molecule has 0 aliphatic carbocycles. The molecule has 0 radical (unpaired) electrons. The molecule has 0 heterocycles. The van der Waals surface area contributed by atoms with Crippen molar-refractivity contribution in [3.63, 3.8) is 0 Å². The van der Waals surface area contributed by atoms with Crippen LogP contribution in [0.5, 0.6) is 0 Å². The Kier molecular flexibility index (Phi) is 11.3. The number of rotatable bonds is 10. The largest absolute Gasteiger partial charge is 0.385 e. The molecule has 1 unspecified atom stereocenters. The zero-order valence-electron chi connectivity index (χ0n) is 9.38. The molecular weight excluding hydrogens is 199 g/mol. The summed E-state index contributed by atoms with van der Waals surface area (Å²) in [5.74, 6) is 0. The molecule has 0 aromatic carbocycles. The molecule has 3 nitrogen and oxygen atoms in total. The molecule has 0 saturated heterocycles. The van der Waals surface area contributed by atoms with Crippen LogP contribution >= 0.6 is 8.03 Å². The molecule has 0 N–H and O–H groups in total. The third-order valence-electron chi connectivity index (χ3n) is 2.05. The maximum absolute atomic E-state index is 10.6. The first-order chi connectivity index (χ1) is 6.77. The van der Waals surface area contributed by atoms with Gasteiger partial charge in [0.2, 0.25) is 0 Å². The fourth-order valence-corrected chi connectivity index (χ4v) is 1.70. The van der Waals surface area contributed by atoms with Crippen molar-refractivity contribution in [1.82, 2.24) is 0 Å². The van der Waals surface area contributed by atoms with Gasteiger partial charge in [-0.3, -0.25) is 4.57 Å². The van der Waals surface area contributed by atoms with Crippen molar-refractivity contribution in [2.45, 2.75) is 38.5 Å². The van der Waals surface area contributed by atoms with E-state index in [1.807, 2.05) is 0 Å². The van der Waals surface area contributed by atoms with Crippen molar-refractivity contribution in [1.29, 1.82) is 0 Å². The lowest BCUT2D eigenvalue weighted by molar-refractivity contribution is 0.192. The van der Waals surface area contributed by atoms with E-state index in [2.05, 4.69) is 0 Å². The van der Waals surface area contributed by atoms with E-state index < -0.39 is 8.03 Å². The predicted octanol–water partition coefficient (Wildman–Crippen LogP) is 3.09. The zero-order chi connectivity index (χ0) is 10.6. The molecule has 0 saturated carbocycles. The molecular formula is C10H23O3P. The maximum atomic E-state index is 10.6. The minimum Gasteiger partial charge on any atom is -0.385 e. The van der Waals surface area contributed by atoms with E-state index in [1.165, 1.54) is 25.7 Å². The second kappa shape index (κ2) is 11.2. The highest BCUT2D eigenvalue weighted by molar-refractivity contribution is 7.38. The Balaban J connectivity index is 2.88. The average Bonchev–Trinajstić information content (AvgIpc) is 2.15. The SMILES string of the molecule is COCCCCCCCCO[PH](C)=O. The average molecular weight is 222 g/mol. The van der Waals surface area contributed by atoms with Crippen molar-refractivity contribution in [3.05, 3.63) is 0 Å². The number of hydrogen-bond donors (Lipinski definition) is 0. The van der Waals surface area contributed by atoms with Crippen LogP contribution in [0.25, 0.3) is 0 Å². The fraction of sp³-hybridized carbons (Fsp3) is 1.00. The van der Waals surface area contributed by atoms with Crippen molar-refractivity contribution in [3.8, 4) is 0 Å². The van der Waals surface area contributed by atoms with Crippen LogP contribution in [0.3, 0.4) is 0 Å². The molecule has 0 aliphatic rings. The van der Waals surface area contributed by atoms with Crippen LogP contribution < -0.4 is 0 Å². The lowest BCUT2D eigenvalue weighted by atomic mass is 10.1. The van der Waals surface area contributed by atoms with Crippen LogP contribution in [-0.2, 0) is 13.8 Å². The van der Waals surface area contributed by atoms with Gasteiger partial charge < -0.3 is 9.26 Å². The lowest BCUT2D eigenvalue weighted by Gasteiger charge is -2.01. The van der Waals surface area contributed by atoms with Crippen LogP contribution in [0.4, 0.5) is 0 Å². The highest BCUT2D eigenvalue weighted by atomic mass is 31.1. The molecule has 0 aliphatic heterocycles. The third-order valence-corrected chi connectivity index (χ3v) is 2.66. The minimum absolute atomic E-state index is 0.659. The van der Waals surface area contributed by atoms with Crippen molar-refractivity contribution >= 4 is 8.03 Å². The Hall–Kier alpha value is 0.150. The third kappa shape index (κ3) is 12.2. The molecule has 0 rings (SSSR count). The summed E-state index contributed by atoms with van der Waals surface area (Å²) in [5.41, 5.74) is 0. The Morgan fingerprint density at radius 2 is 1.43 bits per heavy atom. The van der Waals surface area contributed by atoms with E-state index in [0.717, 1.165) is 19.4 Å². The van der Waals surface area contributed by atoms with Crippen molar-refractivity contribution in [2.24, 2.45) is 0 Å². The number of methoxy groups -OCH3 is 1. The topological polar surface area (TPSA) is 35.5 Å². The second-order valence-corrected chi connectivity index (χ2v) is 4.73. The summed E-state index contributed by atoms with van der Waals surface area (Å²) in [6.07, 6.45) is 7.15. The molecule has 1 atom stereocenters. The summed E-state index contributed by atoms with van der Waals surface area (Å²) in [5, 5.41) is 0. The summed E-state index contributed by atoms with van der Waals surface area (Å²) >= 11 is 0. The molecule has 0 spiro atoms. The van der Waals surface area contributed by atoms with E-state index in [0.29, 0.717) is 6.61 Å². The maximum Gasteiger partial charge on any atom is 0.188 e. The van der Waals surface area contributed by atoms with Gasteiger partial charge in [0.25, 0.3) is 0 Å². The Morgan fingerprint density at radius 3 is 1.93 bits per heavy atom.